The molecule has 2 fully saturated rings. The normalized spacial score (nSPS) is 26.6. The van der Waals surface area contributed by atoms with Gasteiger partial charge < -0.3 is 4.74 Å². The lowest BCUT2D eigenvalue weighted by Gasteiger charge is -2.27. The number of ether oxygens (including phenoxy) is 1. The van der Waals surface area contributed by atoms with Crippen molar-refractivity contribution in [3.05, 3.63) is 11.8 Å². The third kappa shape index (κ3) is 4.01. The lowest BCUT2D eigenvalue weighted by atomic mass is 9.95. The molecule has 4 heteroatoms. The second kappa shape index (κ2) is 6.09. The number of hydrogen-bond acceptors (Lipinski definition) is 3. The molecule has 1 atom stereocenters. The van der Waals surface area contributed by atoms with Crippen molar-refractivity contribution in [3.8, 4) is 0 Å². The van der Waals surface area contributed by atoms with E-state index in [1.165, 1.54) is 37.7 Å². The van der Waals surface area contributed by atoms with Crippen LogP contribution >= 0.6 is 0 Å². The van der Waals surface area contributed by atoms with E-state index in [-0.39, 0.29) is 6.10 Å². The Morgan fingerprint density at radius 2 is 1.78 bits per heavy atom. The van der Waals surface area contributed by atoms with Crippen molar-refractivity contribution >= 4 is 9.84 Å². The fourth-order valence-corrected chi connectivity index (χ4v) is 4.34. The van der Waals surface area contributed by atoms with Crippen molar-refractivity contribution in [2.24, 2.45) is 5.92 Å². The first-order chi connectivity index (χ1) is 8.57. The van der Waals surface area contributed by atoms with Crippen LogP contribution in [-0.4, -0.2) is 26.0 Å². The maximum atomic E-state index is 11.4. The van der Waals surface area contributed by atoms with Crippen LogP contribution in [0.25, 0.3) is 0 Å². The first-order valence-corrected chi connectivity index (χ1v) is 8.93. The Kier molecular flexibility index (Phi) is 4.71. The molecule has 1 saturated carbocycles. The van der Waals surface area contributed by atoms with Crippen LogP contribution in [0.4, 0.5) is 0 Å². The van der Waals surface area contributed by atoms with Crippen LogP contribution in [0.15, 0.2) is 11.8 Å². The van der Waals surface area contributed by atoms with Gasteiger partial charge in [0.15, 0.2) is 0 Å². The summed E-state index contributed by atoms with van der Waals surface area (Å²) >= 11 is 0. The van der Waals surface area contributed by atoms with Gasteiger partial charge in [0, 0.05) is 0 Å². The highest BCUT2D eigenvalue weighted by atomic mass is 32.2. The molecule has 104 valence electrons. The smallest absolute Gasteiger partial charge is 0.150 e. The minimum atomic E-state index is -2.76. The van der Waals surface area contributed by atoms with E-state index >= 15 is 0 Å². The Morgan fingerprint density at radius 1 is 1.17 bits per heavy atom. The third-order valence-corrected chi connectivity index (χ3v) is 5.92. The molecule has 0 aromatic rings. The summed E-state index contributed by atoms with van der Waals surface area (Å²) in [5.41, 5.74) is 1.43. The van der Waals surface area contributed by atoms with Gasteiger partial charge in [-0.1, -0.05) is 6.42 Å². The maximum Gasteiger partial charge on any atom is 0.150 e. The summed E-state index contributed by atoms with van der Waals surface area (Å²) in [6.45, 7) is 2.07. The van der Waals surface area contributed by atoms with Gasteiger partial charge in [0.1, 0.15) is 9.84 Å². The molecule has 1 heterocycles. The minimum Gasteiger partial charge on any atom is -0.498 e. The van der Waals surface area contributed by atoms with Crippen molar-refractivity contribution < 1.29 is 13.2 Å². The highest BCUT2D eigenvalue weighted by molar-refractivity contribution is 7.91. The summed E-state index contributed by atoms with van der Waals surface area (Å²) in [7, 11) is -2.76. The van der Waals surface area contributed by atoms with Crippen LogP contribution in [0.3, 0.4) is 0 Å². The summed E-state index contributed by atoms with van der Waals surface area (Å²) < 4.78 is 28.6. The van der Waals surface area contributed by atoms with Crippen molar-refractivity contribution in [2.75, 3.05) is 11.5 Å². The van der Waals surface area contributed by atoms with Crippen LogP contribution in [0.2, 0.25) is 0 Å². The molecule has 2 rings (SSSR count). The summed E-state index contributed by atoms with van der Waals surface area (Å²) in [6, 6.07) is 0. The lowest BCUT2D eigenvalue weighted by Crippen LogP contribution is -2.30. The highest BCUT2D eigenvalue weighted by Crippen LogP contribution is 2.26. The Labute approximate surface area is 111 Å². The van der Waals surface area contributed by atoms with Gasteiger partial charge in [-0.25, -0.2) is 8.42 Å². The monoisotopic (exact) mass is 272 g/mol. The van der Waals surface area contributed by atoms with Gasteiger partial charge >= 0.3 is 0 Å². The SMILES string of the molecule is CC(OC=C1CCCCC1)C1CCS(=O)(=O)CC1. The zero-order valence-corrected chi connectivity index (χ0v) is 12.0. The van der Waals surface area contributed by atoms with Gasteiger partial charge in [-0.05, 0) is 56.9 Å². The fourth-order valence-electron chi connectivity index (χ4n) is 2.82. The standard InChI is InChI=1S/C14H24O3S/c1-12(14-7-9-18(15,16)10-8-14)17-11-13-5-3-2-4-6-13/h11-12,14H,2-10H2,1H3. The van der Waals surface area contributed by atoms with Gasteiger partial charge in [-0.2, -0.15) is 0 Å². The molecular weight excluding hydrogens is 248 g/mol. The van der Waals surface area contributed by atoms with Crippen LogP contribution in [0, 0.1) is 5.92 Å². The average Bonchev–Trinajstić information content (AvgIpc) is 2.37. The largest absolute Gasteiger partial charge is 0.498 e. The molecular formula is C14H24O3S. The zero-order chi connectivity index (χ0) is 13.0. The molecule has 0 amide bonds. The van der Waals surface area contributed by atoms with E-state index in [0.29, 0.717) is 17.4 Å². The van der Waals surface area contributed by atoms with Crippen molar-refractivity contribution in [1.29, 1.82) is 0 Å². The Balaban J connectivity index is 1.79. The fraction of sp³-hybridized carbons (Fsp3) is 0.857. The predicted molar refractivity (Wildman–Crippen MR) is 73.1 cm³/mol. The summed E-state index contributed by atoms with van der Waals surface area (Å²) in [6.07, 6.45) is 9.86. The lowest BCUT2D eigenvalue weighted by molar-refractivity contribution is 0.0939. The van der Waals surface area contributed by atoms with E-state index in [1.807, 2.05) is 6.26 Å². The van der Waals surface area contributed by atoms with E-state index in [0.717, 1.165) is 12.8 Å². The van der Waals surface area contributed by atoms with Gasteiger partial charge in [-0.3, -0.25) is 0 Å². The predicted octanol–water partition coefficient (Wildman–Crippen LogP) is 3.06. The molecule has 1 saturated heterocycles. The number of rotatable bonds is 3. The van der Waals surface area contributed by atoms with Crippen molar-refractivity contribution in [3.63, 3.8) is 0 Å². The second-order valence-corrected chi connectivity index (χ2v) is 7.97. The average molecular weight is 272 g/mol. The first kappa shape index (κ1) is 13.9. The van der Waals surface area contributed by atoms with Gasteiger partial charge in [0.25, 0.3) is 0 Å². The first-order valence-electron chi connectivity index (χ1n) is 7.11. The third-order valence-electron chi connectivity index (χ3n) is 4.21. The summed E-state index contributed by atoms with van der Waals surface area (Å²) in [5.74, 6) is 1.07. The van der Waals surface area contributed by atoms with E-state index in [2.05, 4.69) is 6.92 Å². The van der Waals surface area contributed by atoms with E-state index in [4.69, 9.17) is 4.74 Å². The van der Waals surface area contributed by atoms with E-state index in [1.54, 1.807) is 0 Å². The molecule has 0 N–H and O–H groups in total. The number of hydrogen-bond donors (Lipinski definition) is 0. The van der Waals surface area contributed by atoms with Gasteiger partial charge in [-0.15, -0.1) is 0 Å². The van der Waals surface area contributed by atoms with Crippen molar-refractivity contribution in [1.82, 2.24) is 0 Å². The molecule has 0 bridgehead atoms. The van der Waals surface area contributed by atoms with E-state index in [9.17, 15) is 8.42 Å². The molecule has 1 aliphatic heterocycles. The Hall–Kier alpha value is -0.510. The Bertz CT molecular complexity index is 375. The number of allylic oxidation sites excluding steroid dienone is 1. The van der Waals surface area contributed by atoms with Crippen molar-refractivity contribution in [2.45, 2.75) is 58.0 Å². The molecule has 3 nitrogen and oxygen atoms in total. The minimum absolute atomic E-state index is 0.148. The molecule has 1 unspecified atom stereocenters. The number of sulfone groups is 1. The van der Waals surface area contributed by atoms with Crippen LogP contribution < -0.4 is 0 Å². The van der Waals surface area contributed by atoms with Gasteiger partial charge in [0.05, 0.1) is 23.9 Å². The van der Waals surface area contributed by atoms with Gasteiger partial charge in [0.2, 0.25) is 0 Å². The highest BCUT2D eigenvalue weighted by Gasteiger charge is 2.27. The quantitative estimate of drug-likeness (QED) is 0.742. The molecule has 0 spiro atoms. The molecule has 18 heavy (non-hydrogen) atoms. The van der Waals surface area contributed by atoms with Crippen LogP contribution in [-0.2, 0) is 14.6 Å². The molecule has 0 aromatic heterocycles. The molecule has 2 aliphatic rings. The molecule has 0 radical (unpaired) electrons. The van der Waals surface area contributed by atoms with Crippen LogP contribution in [0.5, 0.6) is 0 Å². The topological polar surface area (TPSA) is 43.4 Å². The van der Waals surface area contributed by atoms with Crippen LogP contribution in [0.1, 0.15) is 51.9 Å². The second-order valence-electron chi connectivity index (χ2n) is 5.67. The maximum absolute atomic E-state index is 11.4. The molecule has 0 aromatic carbocycles. The summed E-state index contributed by atoms with van der Waals surface area (Å²) in [5, 5.41) is 0. The van der Waals surface area contributed by atoms with E-state index < -0.39 is 9.84 Å². The Morgan fingerprint density at radius 3 is 2.39 bits per heavy atom. The summed E-state index contributed by atoms with van der Waals surface area (Å²) in [4.78, 5) is 0. The molecule has 1 aliphatic carbocycles. The zero-order valence-electron chi connectivity index (χ0n) is 11.2.